The minimum Gasteiger partial charge on any atom is -0.466 e. The predicted molar refractivity (Wildman–Crippen MR) is 76.0 cm³/mol. The number of hydrogen-bond acceptors (Lipinski definition) is 4. The van der Waals surface area contributed by atoms with Gasteiger partial charge < -0.3 is 13.6 Å². The van der Waals surface area contributed by atoms with Gasteiger partial charge in [0.15, 0.2) is 0 Å². The molecule has 21 heavy (non-hydrogen) atoms. The van der Waals surface area contributed by atoms with E-state index >= 15 is 0 Å². The summed E-state index contributed by atoms with van der Waals surface area (Å²) in [6.45, 7) is 4.86. The second-order valence-corrected chi connectivity index (χ2v) is 5.32. The van der Waals surface area contributed by atoms with Gasteiger partial charge in [0.2, 0.25) is 0 Å². The van der Waals surface area contributed by atoms with Crippen molar-refractivity contribution in [1.29, 1.82) is 0 Å². The van der Waals surface area contributed by atoms with Gasteiger partial charge in [-0.2, -0.15) is 0 Å². The number of ether oxygens (including phenoxy) is 1. The molecule has 3 heterocycles. The third-order valence-electron chi connectivity index (χ3n) is 3.72. The summed E-state index contributed by atoms with van der Waals surface area (Å²) in [6.07, 6.45) is 1.22. The molecule has 0 N–H and O–H groups in total. The van der Waals surface area contributed by atoms with Crippen molar-refractivity contribution in [3.63, 3.8) is 0 Å². The minimum absolute atomic E-state index is 0.112. The van der Waals surface area contributed by atoms with E-state index in [0.717, 1.165) is 35.9 Å². The fourth-order valence-corrected chi connectivity index (χ4v) is 2.67. The zero-order valence-corrected chi connectivity index (χ0v) is 12.3. The van der Waals surface area contributed by atoms with E-state index < -0.39 is 0 Å². The van der Waals surface area contributed by atoms with Crippen molar-refractivity contribution < 1.29 is 18.4 Å². The smallest absolute Gasteiger partial charge is 0.410 e. The van der Waals surface area contributed by atoms with Crippen molar-refractivity contribution in [2.24, 2.45) is 0 Å². The van der Waals surface area contributed by atoms with Crippen LogP contribution in [-0.4, -0.2) is 24.1 Å². The second kappa shape index (κ2) is 5.68. The molecule has 5 nitrogen and oxygen atoms in total. The zero-order valence-electron chi connectivity index (χ0n) is 12.3. The first-order valence-electron chi connectivity index (χ1n) is 7.18. The first-order chi connectivity index (χ1) is 10.1. The standard InChI is InChI=1S/C16H19NO4/c1-11-3-5-13(20-11)6-7-14(15-8-4-12(2)21-15)17-9-10-19-16(17)18/h3-5,8,14H,6-7,9-10H2,1-2H3. The Morgan fingerprint density at radius 2 is 1.90 bits per heavy atom. The normalized spacial score (nSPS) is 16.3. The van der Waals surface area contributed by atoms with Gasteiger partial charge in [-0.25, -0.2) is 4.79 Å². The van der Waals surface area contributed by atoms with E-state index in [4.69, 9.17) is 13.6 Å². The molecule has 1 unspecified atom stereocenters. The van der Waals surface area contributed by atoms with E-state index in [1.54, 1.807) is 4.90 Å². The SMILES string of the molecule is Cc1ccc(CCC(c2ccc(C)o2)N2CCOC2=O)o1. The van der Waals surface area contributed by atoms with Crippen molar-refractivity contribution in [3.05, 3.63) is 47.3 Å². The molecular weight excluding hydrogens is 270 g/mol. The largest absolute Gasteiger partial charge is 0.466 e. The summed E-state index contributed by atoms with van der Waals surface area (Å²) >= 11 is 0. The summed E-state index contributed by atoms with van der Waals surface area (Å²) in [5.41, 5.74) is 0. The quantitative estimate of drug-likeness (QED) is 0.843. The average Bonchev–Trinajstić information content (AvgIpc) is 3.15. The van der Waals surface area contributed by atoms with E-state index in [-0.39, 0.29) is 12.1 Å². The number of cyclic esters (lactones) is 1. The molecule has 0 spiro atoms. The highest BCUT2D eigenvalue weighted by atomic mass is 16.6. The third kappa shape index (κ3) is 2.96. The highest BCUT2D eigenvalue weighted by Gasteiger charge is 2.32. The maximum Gasteiger partial charge on any atom is 0.410 e. The molecule has 1 aliphatic rings. The van der Waals surface area contributed by atoms with Crippen LogP contribution >= 0.6 is 0 Å². The van der Waals surface area contributed by atoms with Crippen molar-refractivity contribution in [2.45, 2.75) is 32.7 Å². The highest BCUT2D eigenvalue weighted by molar-refractivity contribution is 5.69. The Labute approximate surface area is 123 Å². The molecule has 1 fully saturated rings. The first-order valence-corrected chi connectivity index (χ1v) is 7.18. The molecule has 112 valence electrons. The monoisotopic (exact) mass is 289 g/mol. The fraction of sp³-hybridized carbons (Fsp3) is 0.438. The molecule has 0 aliphatic carbocycles. The number of carbonyl (C=O) groups is 1. The Balaban J connectivity index is 1.77. The van der Waals surface area contributed by atoms with Gasteiger partial charge in [-0.3, -0.25) is 4.90 Å². The number of hydrogen-bond donors (Lipinski definition) is 0. The lowest BCUT2D eigenvalue weighted by molar-refractivity contribution is 0.140. The molecule has 0 bridgehead atoms. The van der Waals surface area contributed by atoms with Gasteiger partial charge in [-0.05, 0) is 44.5 Å². The summed E-state index contributed by atoms with van der Waals surface area (Å²) < 4.78 is 16.4. The Bertz CT molecular complexity index is 628. The lowest BCUT2D eigenvalue weighted by Crippen LogP contribution is -2.29. The summed E-state index contributed by atoms with van der Waals surface area (Å²) in [5.74, 6) is 3.47. The molecular formula is C16H19NO4. The van der Waals surface area contributed by atoms with Crippen LogP contribution in [-0.2, 0) is 11.2 Å². The molecule has 0 radical (unpaired) electrons. The molecule has 0 aromatic carbocycles. The van der Waals surface area contributed by atoms with Crippen molar-refractivity contribution in [3.8, 4) is 0 Å². The number of nitrogens with zero attached hydrogens (tertiary/aromatic N) is 1. The number of amides is 1. The van der Waals surface area contributed by atoms with Gasteiger partial charge in [0, 0.05) is 6.42 Å². The lowest BCUT2D eigenvalue weighted by atomic mass is 10.1. The molecule has 2 aromatic heterocycles. The Kier molecular flexibility index (Phi) is 3.73. The van der Waals surface area contributed by atoms with Gasteiger partial charge in [-0.15, -0.1) is 0 Å². The number of carbonyl (C=O) groups excluding carboxylic acids is 1. The van der Waals surface area contributed by atoms with Crippen LogP contribution in [0.2, 0.25) is 0 Å². The van der Waals surface area contributed by atoms with Crippen LogP contribution in [0.25, 0.3) is 0 Å². The summed E-state index contributed by atoms with van der Waals surface area (Å²) in [6, 6.07) is 7.66. The Hall–Kier alpha value is -2.17. The van der Waals surface area contributed by atoms with E-state index in [1.165, 1.54) is 0 Å². The maximum absolute atomic E-state index is 11.8. The van der Waals surface area contributed by atoms with Crippen molar-refractivity contribution in [1.82, 2.24) is 4.90 Å². The van der Waals surface area contributed by atoms with Gasteiger partial charge in [0.1, 0.15) is 29.6 Å². The molecule has 5 heteroatoms. The maximum atomic E-state index is 11.8. The van der Waals surface area contributed by atoms with Crippen LogP contribution in [0.4, 0.5) is 4.79 Å². The van der Waals surface area contributed by atoms with E-state index in [1.807, 2.05) is 38.1 Å². The van der Waals surface area contributed by atoms with Crippen LogP contribution in [0.3, 0.4) is 0 Å². The van der Waals surface area contributed by atoms with Gasteiger partial charge in [0.25, 0.3) is 0 Å². The third-order valence-corrected chi connectivity index (χ3v) is 3.72. The molecule has 1 atom stereocenters. The fourth-order valence-electron chi connectivity index (χ4n) is 2.67. The van der Waals surface area contributed by atoms with Crippen molar-refractivity contribution in [2.75, 3.05) is 13.2 Å². The van der Waals surface area contributed by atoms with E-state index in [2.05, 4.69) is 0 Å². The number of rotatable bonds is 5. The van der Waals surface area contributed by atoms with Crippen LogP contribution in [0.5, 0.6) is 0 Å². The lowest BCUT2D eigenvalue weighted by Gasteiger charge is -2.23. The average molecular weight is 289 g/mol. The summed E-state index contributed by atoms with van der Waals surface area (Å²) in [5, 5.41) is 0. The minimum atomic E-state index is -0.273. The Morgan fingerprint density at radius 1 is 1.14 bits per heavy atom. The van der Waals surface area contributed by atoms with Gasteiger partial charge in [0.05, 0.1) is 12.6 Å². The summed E-state index contributed by atoms with van der Waals surface area (Å²) in [7, 11) is 0. The number of furan rings is 2. The second-order valence-electron chi connectivity index (χ2n) is 5.32. The molecule has 1 amide bonds. The number of aryl methyl sites for hydroxylation is 3. The molecule has 1 saturated heterocycles. The molecule has 2 aromatic rings. The van der Waals surface area contributed by atoms with Crippen LogP contribution in [0, 0.1) is 13.8 Å². The van der Waals surface area contributed by atoms with E-state index in [9.17, 15) is 4.79 Å². The van der Waals surface area contributed by atoms with Crippen molar-refractivity contribution >= 4 is 6.09 Å². The van der Waals surface area contributed by atoms with Crippen LogP contribution < -0.4 is 0 Å². The van der Waals surface area contributed by atoms with Crippen LogP contribution in [0.1, 0.15) is 35.5 Å². The molecule has 3 rings (SSSR count). The summed E-state index contributed by atoms with van der Waals surface area (Å²) in [4.78, 5) is 13.6. The predicted octanol–water partition coefficient (Wildman–Crippen LogP) is 3.62. The van der Waals surface area contributed by atoms with Gasteiger partial charge in [-0.1, -0.05) is 0 Å². The highest BCUT2D eigenvalue weighted by Crippen LogP contribution is 2.30. The Morgan fingerprint density at radius 3 is 2.48 bits per heavy atom. The van der Waals surface area contributed by atoms with Gasteiger partial charge >= 0.3 is 6.09 Å². The molecule has 1 aliphatic heterocycles. The van der Waals surface area contributed by atoms with E-state index in [0.29, 0.717) is 13.2 Å². The topological polar surface area (TPSA) is 55.8 Å². The zero-order chi connectivity index (χ0) is 14.8. The van der Waals surface area contributed by atoms with Crippen LogP contribution in [0.15, 0.2) is 33.1 Å². The first kappa shape index (κ1) is 13.8. The molecule has 0 saturated carbocycles.